The molecule has 8 nitrogen and oxygen atoms in total. The van der Waals surface area contributed by atoms with E-state index in [0.29, 0.717) is 5.82 Å². The number of nitrogens with zero attached hydrogens (tertiary/aromatic N) is 4. The quantitative estimate of drug-likeness (QED) is 0.496. The maximum Gasteiger partial charge on any atom is 0.361 e. The number of para-hydroxylation sites is 2. The van der Waals surface area contributed by atoms with Gasteiger partial charge < -0.3 is 15.8 Å². The molecule has 1 aromatic carbocycles. The van der Waals surface area contributed by atoms with Crippen molar-refractivity contribution < 1.29 is 14.1 Å². The van der Waals surface area contributed by atoms with Crippen LogP contribution >= 0.6 is 11.6 Å². The van der Waals surface area contributed by atoms with Gasteiger partial charge in [0, 0.05) is 7.05 Å². The van der Waals surface area contributed by atoms with Gasteiger partial charge in [0.15, 0.2) is 40.1 Å². The first-order valence-corrected chi connectivity index (χ1v) is 9.07. The van der Waals surface area contributed by atoms with Gasteiger partial charge in [-0.15, -0.1) is 0 Å². The number of nitrogens with two attached hydrogens (primary N) is 1. The Morgan fingerprint density at radius 3 is 2.74 bits per heavy atom. The van der Waals surface area contributed by atoms with Gasteiger partial charge in [0.25, 0.3) is 5.82 Å². The Hall–Kier alpha value is -2.87. The zero-order valence-corrected chi connectivity index (χ0v) is 16.2. The average Bonchev–Trinajstić information content (AvgIpc) is 2.99. The maximum atomic E-state index is 12.5. The molecule has 3 N–H and O–H groups in total. The number of ether oxygens (including phenoxy) is 1. The third kappa shape index (κ3) is 3.40. The number of nitrogens with one attached hydrogen (secondary N) is 1. The molecule has 27 heavy (non-hydrogen) atoms. The number of imidazole rings is 1. The van der Waals surface area contributed by atoms with Crippen molar-refractivity contribution in [3.63, 3.8) is 0 Å². The highest BCUT2D eigenvalue weighted by atomic mass is 35.5. The van der Waals surface area contributed by atoms with Crippen LogP contribution in [0.3, 0.4) is 0 Å². The van der Waals surface area contributed by atoms with Crippen LogP contribution in [0.15, 0.2) is 24.3 Å². The molecule has 3 rings (SSSR count). The minimum absolute atomic E-state index is 0.0341. The van der Waals surface area contributed by atoms with Crippen LogP contribution < -0.4 is 15.6 Å². The van der Waals surface area contributed by atoms with Gasteiger partial charge in [0.05, 0.1) is 13.1 Å². The normalized spacial score (nSPS) is 11.0. The van der Waals surface area contributed by atoms with E-state index in [4.69, 9.17) is 22.1 Å². The first-order chi connectivity index (χ1) is 13.0. The van der Waals surface area contributed by atoms with Gasteiger partial charge in [-0.1, -0.05) is 23.7 Å². The molecule has 0 spiro atoms. The lowest BCUT2D eigenvalue weighted by atomic mass is 10.3. The van der Waals surface area contributed by atoms with E-state index in [1.165, 1.54) is 0 Å². The van der Waals surface area contributed by atoms with Crippen LogP contribution in [-0.2, 0) is 24.4 Å². The van der Waals surface area contributed by atoms with Crippen LogP contribution in [0, 0.1) is 0 Å². The van der Waals surface area contributed by atoms with E-state index in [0.717, 1.165) is 29.9 Å². The Morgan fingerprint density at radius 2 is 2.07 bits per heavy atom. The Morgan fingerprint density at radius 1 is 1.33 bits per heavy atom. The fraction of sp³-hybridized carbons (Fsp3) is 0.333. The second kappa shape index (κ2) is 7.79. The molecule has 0 aliphatic carbocycles. The summed E-state index contributed by atoms with van der Waals surface area (Å²) in [6.45, 7) is 5.70. The van der Waals surface area contributed by atoms with Gasteiger partial charge in [0.2, 0.25) is 0 Å². The number of aromatic nitrogens is 4. The lowest BCUT2D eigenvalue weighted by Crippen LogP contribution is -2.37. The van der Waals surface area contributed by atoms with Crippen molar-refractivity contribution in [3.05, 3.63) is 40.9 Å². The molecule has 3 aromatic rings. The predicted octanol–water partition coefficient (Wildman–Crippen LogP) is 2.39. The summed E-state index contributed by atoms with van der Waals surface area (Å²) in [7, 11) is 1.64. The van der Waals surface area contributed by atoms with Crippen molar-refractivity contribution >= 4 is 40.2 Å². The number of carbonyl (C=O) groups excluding carboxylic acids is 1. The number of halogens is 1. The molecule has 0 fully saturated rings. The fourth-order valence-electron chi connectivity index (χ4n) is 3.14. The van der Waals surface area contributed by atoms with Crippen molar-refractivity contribution in [2.45, 2.75) is 33.5 Å². The van der Waals surface area contributed by atoms with Gasteiger partial charge in [0.1, 0.15) is 0 Å². The number of anilines is 2. The second-order valence-electron chi connectivity index (χ2n) is 5.82. The molecular formula is C18H22ClN6O2+. The Labute approximate surface area is 161 Å². The average molecular weight is 390 g/mol. The number of fused-ring (bicyclic) bond motifs is 1. The molecule has 2 aromatic heterocycles. The smallest absolute Gasteiger partial charge is 0.361 e. The molecular weight excluding hydrogens is 368 g/mol. The Bertz CT molecular complexity index is 960. The molecule has 0 unspecified atom stereocenters. The topological polar surface area (TPSA) is 98.9 Å². The minimum Gasteiger partial charge on any atom is -0.448 e. The summed E-state index contributed by atoms with van der Waals surface area (Å²) in [4.78, 5) is 20.5. The summed E-state index contributed by atoms with van der Waals surface area (Å²) in [6.07, 6.45) is 0. The zero-order chi connectivity index (χ0) is 19.6. The molecule has 0 aliphatic heterocycles. The summed E-state index contributed by atoms with van der Waals surface area (Å²) >= 11 is 6.00. The van der Waals surface area contributed by atoms with Gasteiger partial charge in [-0.05, 0) is 26.0 Å². The van der Waals surface area contributed by atoms with Crippen molar-refractivity contribution in [1.82, 2.24) is 14.5 Å². The Kier molecular flexibility index (Phi) is 5.46. The van der Waals surface area contributed by atoms with E-state index >= 15 is 0 Å². The summed E-state index contributed by atoms with van der Waals surface area (Å²) in [6, 6.07) is 8.09. The molecule has 0 aliphatic rings. The molecule has 0 atom stereocenters. The van der Waals surface area contributed by atoms with E-state index < -0.39 is 5.97 Å². The predicted molar refractivity (Wildman–Crippen MR) is 104 cm³/mol. The number of aryl methyl sites for hydroxylation is 2. The van der Waals surface area contributed by atoms with Crippen LogP contribution in [-0.4, -0.2) is 27.6 Å². The third-order valence-electron chi connectivity index (χ3n) is 4.36. The van der Waals surface area contributed by atoms with E-state index in [-0.39, 0.29) is 23.3 Å². The van der Waals surface area contributed by atoms with Crippen LogP contribution in [0.2, 0.25) is 5.15 Å². The van der Waals surface area contributed by atoms with Gasteiger partial charge in [-0.25, -0.2) is 23.9 Å². The monoisotopic (exact) mass is 389 g/mol. The van der Waals surface area contributed by atoms with Gasteiger partial charge in [-0.3, -0.25) is 0 Å². The highest BCUT2D eigenvalue weighted by molar-refractivity contribution is 6.31. The Balaban J connectivity index is 1.91. The molecule has 0 radical (unpaired) electrons. The number of hydrogen-bond acceptors (Lipinski definition) is 6. The molecule has 2 heterocycles. The standard InChI is InChI=1S/C18H21ClN6O2/c1-4-24-11-8-6-7-9-12(11)25(5-2)13(24)10-27-18(26)14-16(20)23-17(21-3)15(19)22-14/h6-9H,4-5,10H2,1-3H3,(H2-,20,21,23,26)/p+1. The van der Waals surface area contributed by atoms with Crippen molar-refractivity contribution in [2.24, 2.45) is 0 Å². The minimum atomic E-state index is -0.667. The lowest BCUT2D eigenvalue weighted by Gasteiger charge is -2.08. The molecule has 0 bridgehead atoms. The van der Waals surface area contributed by atoms with Crippen molar-refractivity contribution in [3.8, 4) is 0 Å². The van der Waals surface area contributed by atoms with E-state index in [1.807, 2.05) is 12.1 Å². The zero-order valence-electron chi connectivity index (χ0n) is 15.5. The molecule has 9 heteroatoms. The number of rotatable bonds is 6. The highest BCUT2D eigenvalue weighted by Gasteiger charge is 2.25. The summed E-state index contributed by atoms with van der Waals surface area (Å²) in [5, 5.41) is 2.82. The van der Waals surface area contributed by atoms with Gasteiger partial charge >= 0.3 is 5.97 Å². The van der Waals surface area contributed by atoms with Gasteiger partial charge in [-0.2, -0.15) is 0 Å². The maximum absolute atomic E-state index is 12.5. The summed E-state index contributed by atoms with van der Waals surface area (Å²) in [5.41, 5.74) is 7.91. The van der Waals surface area contributed by atoms with Crippen molar-refractivity contribution in [1.29, 1.82) is 0 Å². The van der Waals surface area contributed by atoms with Crippen LogP contribution in [0.5, 0.6) is 0 Å². The first-order valence-electron chi connectivity index (χ1n) is 8.69. The largest absolute Gasteiger partial charge is 0.448 e. The van der Waals surface area contributed by atoms with E-state index in [9.17, 15) is 4.79 Å². The number of benzene rings is 1. The molecule has 142 valence electrons. The first kappa shape index (κ1) is 18.9. The number of nitrogen functional groups attached to an aromatic ring is 1. The fourth-order valence-corrected chi connectivity index (χ4v) is 3.36. The number of esters is 1. The van der Waals surface area contributed by atoms with Crippen molar-refractivity contribution in [2.75, 3.05) is 18.1 Å². The highest BCUT2D eigenvalue weighted by Crippen LogP contribution is 2.21. The van der Waals surface area contributed by atoms with E-state index in [2.05, 4.69) is 50.4 Å². The van der Waals surface area contributed by atoms with Crippen LogP contribution in [0.1, 0.15) is 30.2 Å². The number of carbonyl (C=O) groups is 1. The lowest BCUT2D eigenvalue weighted by molar-refractivity contribution is -0.678. The number of hydrogen-bond donors (Lipinski definition) is 2. The summed E-state index contributed by atoms with van der Waals surface area (Å²) < 4.78 is 9.74. The second-order valence-corrected chi connectivity index (χ2v) is 6.17. The van der Waals surface area contributed by atoms with Crippen LogP contribution in [0.4, 0.5) is 11.6 Å². The third-order valence-corrected chi connectivity index (χ3v) is 4.63. The molecule has 0 saturated carbocycles. The molecule has 0 amide bonds. The summed E-state index contributed by atoms with van der Waals surface area (Å²) in [5.74, 6) is 0.493. The van der Waals surface area contributed by atoms with Crippen LogP contribution in [0.25, 0.3) is 11.0 Å². The van der Waals surface area contributed by atoms with E-state index in [1.54, 1.807) is 7.05 Å². The SMILES string of the molecule is CCn1c(COC(=O)c2nc(Cl)c(NC)nc2N)[n+](CC)c2ccccc21. The molecule has 0 saturated heterocycles.